The van der Waals surface area contributed by atoms with Crippen molar-refractivity contribution in [2.24, 2.45) is 10.7 Å². The van der Waals surface area contributed by atoms with Gasteiger partial charge < -0.3 is 10.5 Å². The summed E-state index contributed by atoms with van der Waals surface area (Å²) in [5.74, 6) is 0. The first-order valence-electron chi connectivity index (χ1n) is 5.89. The second kappa shape index (κ2) is 4.39. The summed E-state index contributed by atoms with van der Waals surface area (Å²) in [4.78, 5) is 6.61. The predicted octanol–water partition coefficient (Wildman–Crippen LogP) is 0.963. The van der Waals surface area contributed by atoms with E-state index < -0.39 is 0 Å². The molecule has 0 radical (unpaired) electrons. The Balaban J connectivity index is 1.87. The monoisotopic (exact) mass is 211 g/mol. The highest BCUT2D eigenvalue weighted by atomic mass is 16.5. The number of nitrogens with zero attached hydrogens (tertiary/aromatic N) is 2. The normalized spacial score (nSPS) is 37.5. The van der Waals surface area contributed by atoms with Crippen molar-refractivity contribution in [3.8, 4) is 0 Å². The Hall–Kier alpha value is -0.770. The van der Waals surface area contributed by atoms with Crippen LogP contribution in [0.1, 0.15) is 33.1 Å². The summed E-state index contributed by atoms with van der Waals surface area (Å²) >= 11 is 0. The minimum Gasteiger partial charge on any atom is -0.459 e. The molecule has 3 atom stereocenters. The molecule has 3 unspecified atom stereocenters. The van der Waals surface area contributed by atoms with Crippen molar-refractivity contribution in [3.05, 3.63) is 0 Å². The minimum absolute atomic E-state index is 0.174. The lowest BCUT2D eigenvalue weighted by Crippen LogP contribution is -2.48. The third kappa shape index (κ3) is 2.43. The van der Waals surface area contributed by atoms with E-state index in [1.54, 1.807) is 0 Å². The molecule has 0 bridgehead atoms. The van der Waals surface area contributed by atoms with E-state index in [4.69, 9.17) is 10.5 Å². The van der Waals surface area contributed by atoms with Crippen LogP contribution in [0.15, 0.2) is 4.99 Å². The maximum atomic E-state index is 5.51. The number of rotatable bonds is 2. The lowest BCUT2D eigenvalue weighted by atomic mass is 9.97. The fraction of sp³-hybridized carbons (Fsp3) is 0.909. The van der Waals surface area contributed by atoms with Crippen LogP contribution in [0.3, 0.4) is 0 Å². The van der Waals surface area contributed by atoms with Crippen molar-refractivity contribution in [3.63, 3.8) is 0 Å². The second-order valence-corrected chi connectivity index (χ2v) is 4.74. The highest BCUT2D eigenvalue weighted by molar-refractivity contribution is 5.73. The van der Waals surface area contributed by atoms with E-state index in [-0.39, 0.29) is 6.10 Å². The van der Waals surface area contributed by atoms with E-state index in [0.29, 0.717) is 18.1 Å². The van der Waals surface area contributed by atoms with Crippen molar-refractivity contribution >= 4 is 6.02 Å². The van der Waals surface area contributed by atoms with Crippen LogP contribution in [-0.2, 0) is 4.74 Å². The standard InChI is InChI=1S/C11H21N3O/c1-8-4-3-5-9(2)14(8)7-10-6-13-11(12)15-10/h8-10H,3-7H2,1-2H3,(H2,12,13). The van der Waals surface area contributed by atoms with E-state index in [0.717, 1.165) is 13.1 Å². The van der Waals surface area contributed by atoms with E-state index in [9.17, 15) is 0 Å². The van der Waals surface area contributed by atoms with Crippen LogP contribution >= 0.6 is 0 Å². The molecule has 2 aliphatic heterocycles. The number of likely N-dealkylation sites (tertiary alicyclic amines) is 1. The molecule has 2 rings (SSSR count). The van der Waals surface area contributed by atoms with Gasteiger partial charge in [0, 0.05) is 18.6 Å². The van der Waals surface area contributed by atoms with Gasteiger partial charge in [0.1, 0.15) is 6.10 Å². The van der Waals surface area contributed by atoms with Crippen molar-refractivity contribution in [1.29, 1.82) is 0 Å². The van der Waals surface area contributed by atoms with Crippen molar-refractivity contribution < 1.29 is 4.74 Å². The first kappa shape index (κ1) is 10.7. The van der Waals surface area contributed by atoms with Crippen LogP contribution < -0.4 is 5.73 Å². The van der Waals surface area contributed by atoms with Crippen LogP contribution in [-0.4, -0.2) is 42.2 Å². The number of aliphatic imine (C=N–C) groups is 1. The maximum Gasteiger partial charge on any atom is 0.282 e. The van der Waals surface area contributed by atoms with E-state index in [2.05, 4.69) is 23.7 Å². The molecular weight excluding hydrogens is 190 g/mol. The number of piperidine rings is 1. The van der Waals surface area contributed by atoms with E-state index in [1.165, 1.54) is 19.3 Å². The Morgan fingerprint density at radius 2 is 2.07 bits per heavy atom. The molecule has 0 aliphatic carbocycles. The summed E-state index contributed by atoms with van der Waals surface area (Å²) in [6.45, 7) is 6.29. The van der Waals surface area contributed by atoms with Gasteiger partial charge in [-0.3, -0.25) is 4.90 Å². The SMILES string of the molecule is CC1CCCC(C)N1CC1CN=C(N)O1. The molecule has 2 aliphatic rings. The molecule has 2 N–H and O–H groups in total. The first-order valence-corrected chi connectivity index (χ1v) is 5.89. The molecule has 4 nitrogen and oxygen atoms in total. The van der Waals surface area contributed by atoms with Gasteiger partial charge in [-0.25, -0.2) is 4.99 Å². The van der Waals surface area contributed by atoms with Gasteiger partial charge in [0.25, 0.3) is 6.02 Å². The van der Waals surface area contributed by atoms with Crippen molar-refractivity contribution in [2.45, 2.75) is 51.3 Å². The molecule has 0 amide bonds. The molecule has 0 saturated carbocycles. The Bertz CT molecular complexity index is 244. The van der Waals surface area contributed by atoms with Crippen molar-refractivity contribution in [2.75, 3.05) is 13.1 Å². The summed E-state index contributed by atoms with van der Waals surface area (Å²) in [7, 11) is 0. The quantitative estimate of drug-likeness (QED) is 0.740. The van der Waals surface area contributed by atoms with Crippen LogP contribution in [0.2, 0.25) is 0 Å². The Kier molecular flexibility index (Phi) is 3.14. The fourth-order valence-electron chi connectivity index (χ4n) is 2.60. The molecule has 1 fully saturated rings. The largest absolute Gasteiger partial charge is 0.459 e. The zero-order valence-corrected chi connectivity index (χ0v) is 9.65. The Labute approximate surface area is 91.5 Å². The van der Waals surface area contributed by atoms with Gasteiger partial charge in [-0.05, 0) is 26.7 Å². The van der Waals surface area contributed by atoms with Crippen molar-refractivity contribution in [1.82, 2.24) is 4.90 Å². The zero-order valence-electron chi connectivity index (χ0n) is 9.65. The van der Waals surface area contributed by atoms with Gasteiger partial charge in [0.05, 0.1) is 6.54 Å². The molecule has 0 aromatic rings. The molecule has 1 saturated heterocycles. The van der Waals surface area contributed by atoms with E-state index in [1.807, 2.05) is 0 Å². The highest BCUT2D eigenvalue weighted by Gasteiger charge is 2.29. The maximum absolute atomic E-state index is 5.51. The minimum atomic E-state index is 0.174. The molecule has 0 aromatic carbocycles. The van der Waals surface area contributed by atoms with Crippen LogP contribution in [0.4, 0.5) is 0 Å². The Morgan fingerprint density at radius 3 is 2.60 bits per heavy atom. The highest BCUT2D eigenvalue weighted by Crippen LogP contribution is 2.23. The van der Waals surface area contributed by atoms with Crippen LogP contribution in [0.5, 0.6) is 0 Å². The summed E-state index contributed by atoms with van der Waals surface area (Å²) in [5, 5.41) is 0. The second-order valence-electron chi connectivity index (χ2n) is 4.74. The van der Waals surface area contributed by atoms with Gasteiger partial charge in [0.15, 0.2) is 0 Å². The number of nitrogens with two attached hydrogens (primary N) is 1. The van der Waals surface area contributed by atoms with Gasteiger partial charge in [-0.1, -0.05) is 6.42 Å². The molecule has 86 valence electrons. The number of amidine groups is 1. The van der Waals surface area contributed by atoms with Gasteiger partial charge >= 0.3 is 0 Å². The molecule has 15 heavy (non-hydrogen) atoms. The topological polar surface area (TPSA) is 50.8 Å². The molecule has 2 heterocycles. The molecule has 0 spiro atoms. The summed E-state index contributed by atoms with van der Waals surface area (Å²) in [6.07, 6.45) is 4.12. The average molecular weight is 211 g/mol. The third-order valence-electron chi connectivity index (χ3n) is 3.53. The fourth-order valence-corrected chi connectivity index (χ4v) is 2.60. The Morgan fingerprint density at radius 1 is 1.40 bits per heavy atom. The summed E-state index contributed by atoms with van der Waals surface area (Å²) in [6, 6.07) is 1.69. The lowest BCUT2D eigenvalue weighted by Gasteiger charge is -2.39. The first-order chi connectivity index (χ1) is 7.16. The van der Waals surface area contributed by atoms with Gasteiger partial charge in [0.2, 0.25) is 0 Å². The number of hydrogen-bond acceptors (Lipinski definition) is 4. The van der Waals surface area contributed by atoms with Crippen LogP contribution in [0, 0.1) is 0 Å². The van der Waals surface area contributed by atoms with E-state index >= 15 is 0 Å². The van der Waals surface area contributed by atoms with Gasteiger partial charge in [-0.2, -0.15) is 0 Å². The lowest BCUT2D eigenvalue weighted by molar-refractivity contribution is 0.0569. The summed E-state index contributed by atoms with van der Waals surface area (Å²) < 4.78 is 5.45. The zero-order chi connectivity index (χ0) is 10.8. The number of ether oxygens (including phenoxy) is 1. The van der Waals surface area contributed by atoms with Crippen LogP contribution in [0.25, 0.3) is 0 Å². The third-order valence-corrected chi connectivity index (χ3v) is 3.53. The molecule has 4 heteroatoms. The number of hydrogen-bond donors (Lipinski definition) is 1. The molecular formula is C11H21N3O. The average Bonchev–Trinajstić information content (AvgIpc) is 2.58. The van der Waals surface area contributed by atoms with Gasteiger partial charge in [-0.15, -0.1) is 0 Å². The summed E-state index contributed by atoms with van der Waals surface area (Å²) in [5.41, 5.74) is 5.51. The molecule has 0 aromatic heterocycles. The smallest absolute Gasteiger partial charge is 0.282 e. The predicted molar refractivity (Wildman–Crippen MR) is 60.8 cm³/mol.